The number of anilines is 1. The molecule has 6 heteroatoms. The van der Waals surface area contributed by atoms with Crippen molar-refractivity contribution in [3.05, 3.63) is 18.2 Å². The molecule has 0 saturated carbocycles. The van der Waals surface area contributed by atoms with Gasteiger partial charge in [-0.25, -0.2) is 4.79 Å². The van der Waals surface area contributed by atoms with Crippen LogP contribution in [0.15, 0.2) is 18.2 Å². The predicted molar refractivity (Wildman–Crippen MR) is 63.2 cm³/mol. The summed E-state index contributed by atoms with van der Waals surface area (Å²) in [6.07, 6.45) is 0. The Kier molecular flexibility index (Phi) is 3.34. The third kappa shape index (κ3) is 3.01. The molecule has 1 aliphatic rings. The molecule has 2 rings (SSSR count). The van der Waals surface area contributed by atoms with Gasteiger partial charge in [-0.05, 0) is 0 Å². The number of nitrogens with one attached hydrogen (secondary N) is 2. The molecular weight excluding hydrogens is 222 g/mol. The summed E-state index contributed by atoms with van der Waals surface area (Å²) in [6.45, 7) is 2.85. The van der Waals surface area contributed by atoms with Crippen LogP contribution in [0.1, 0.15) is 0 Å². The fourth-order valence-electron chi connectivity index (χ4n) is 1.74. The van der Waals surface area contributed by atoms with Gasteiger partial charge >= 0.3 is 6.03 Å². The minimum atomic E-state index is -0.225. The van der Waals surface area contributed by atoms with Gasteiger partial charge in [0, 0.05) is 50.1 Å². The summed E-state index contributed by atoms with van der Waals surface area (Å²) in [6, 6.07) is 3.76. The zero-order valence-electron chi connectivity index (χ0n) is 9.31. The molecule has 0 bridgehead atoms. The molecule has 1 heterocycles. The molecule has 1 saturated heterocycles. The number of phenols is 2. The first-order valence-electron chi connectivity index (χ1n) is 5.45. The molecule has 0 unspecified atom stereocenters. The van der Waals surface area contributed by atoms with Crippen LogP contribution in [0, 0.1) is 0 Å². The zero-order chi connectivity index (χ0) is 12.3. The molecule has 0 aromatic heterocycles. The van der Waals surface area contributed by atoms with Crippen LogP contribution >= 0.6 is 0 Å². The third-order valence-electron chi connectivity index (χ3n) is 2.56. The van der Waals surface area contributed by atoms with Gasteiger partial charge in [-0.1, -0.05) is 0 Å². The number of carbonyl (C=O) groups is 1. The number of urea groups is 1. The number of amides is 2. The summed E-state index contributed by atoms with van der Waals surface area (Å²) in [4.78, 5) is 13.5. The lowest BCUT2D eigenvalue weighted by atomic mass is 10.3. The monoisotopic (exact) mass is 237 g/mol. The Morgan fingerprint density at radius 1 is 1.18 bits per heavy atom. The maximum atomic E-state index is 11.8. The van der Waals surface area contributed by atoms with E-state index in [1.165, 1.54) is 18.2 Å². The van der Waals surface area contributed by atoms with E-state index in [1.807, 2.05) is 0 Å². The van der Waals surface area contributed by atoms with Crippen molar-refractivity contribution in [2.75, 3.05) is 31.5 Å². The molecule has 4 N–H and O–H groups in total. The summed E-state index contributed by atoms with van der Waals surface area (Å²) in [5.41, 5.74) is 0.381. The zero-order valence-corrected chi connectivity index (χ0v) is 9.31. The average Bonchev–Trinajstić information content (AvgIpc) is 2.28. The van der Waals surface area contributed by atoms with E-state index in [-0.39, 0.29) is 17.5 Å². The summed E-state index contributed by atoms with van der Waals surface area (Å²) in [7, 11) is 0. The molecule has 2 amide bonds. The number of hydrogen-bond acceptors (Lipinski definition) is 4. The average molecular weight is 237 g/mol. The molecule has 1 aromatic rings. The van der Waals surface area contributed by atoms with Gasteiger partial charge in [-0.15, -0.1) is 0 Å². The van der Waals surface area contributed by atoms with Crippen molar-refractivity contribution in [1.29, 1.82) is 0 Å². The number of carbonyl (C=O) groups excluding carboxylic acids is 1. The maximum absolute atomic E-state index is 11.8. The maximum Gasteiger partial charge on any atom is 0.321 e. The highest BCUT2D eigenvalue weighted by Gasteiger charge is 2.16. The molecule has 1 aromatic carbocycles. The Balaban J connectivity index is 2.01. The smallest absolute Gasteiger partial charge is 0.321 e. The van der Waals surface area contributed by atoms with Crippen molar-refractivity contribution in [3.8, 4) is 11.5 Å². The van der Waals surface area contributed by atoms with E-state index in [0.717, 1.165) is 13.1 Å². The number of phenolic OH excluding ortho intramolecular Hbond substituents is 2. The lowest BCUT2D eigenvalue weighted by molar-refractivity contribution is 0.204. The van der Waals surface area contributed by atoms with Gasteiger partial charge in [0.1, 0.15) is 11.5 Å². The quantitative estimate of drug-likeness (QED) is 0.574. The lowest BCUT2D eigenvalue weighted by Crippen LogP contribution is -2.48. The highest BCUT2D eigenvalue weighted by atomic mass is 16.3. The Morgan fingerprint density at radius 2 is 1.76 bits per heavy atom. The van der Waals surface area contributed by atoms with E-state index in [0.29, 0.717) is 18.8 Å². The molecule has 17 heavy (non-hydrogen) atoms. The molecular formula is C11H15N3O3. The molecule has 0 atom stereocenters. The van der Waals surface area contributed by atoms with Crippen LogP contribution in [0.5, 0.6) is 11.5 Å². The second kappa shape index (κ2) is 4.92. The van der Waals surface area contributed by atoms with E-state index in [1.54, 1.807) is 4.90 Å². The molecule has 0 spiro atoms. The summed E-state index contributed by atoms with van der Waals surface area (Å²) in [5, 5.41) is 24.3. The summed E-state index contributed by atoms with van der Waals surface area (Å²) in [5.74, 6) is -0.166. The van der Waals surface area contributed by atoms with Gasteiger partial charge in [0.05, 0.1) is 0 Å². The van der Waals surface area contributed by atoms with Gasteiger partial charge < -0.3 is 25.7 Å². The highest BCUT2D eigenvalue weighted by molar-refractivity contribution is 5.89. The van der Waals surface area contributed by atoms with E-state index >= 15 is 0 Å². The number of nitrogens with zero attached hydrogens (tertiary/aromatic N) is 1. The van der Waals surface area contributed by atoms with Gasteiger partial charge in [-0.2, -0.15) is 0 Å². The molecule has 6 nitrogen and oxygen atoms in total. The fraction of sp³-hybridized carbons (Fsp3) is 0.364. The number of hydrogen-bond donors (Lipinski definition) is 4. The first-order chi connectivity index (χ1) is 8.15. The van der Waals surface area contributed by atoms with E-state index in [9.17, 15) is 15.0 Å². The molecule has 0 radical (unpaired) electrons. The third-order valence-corrected chi connectivity index (χ3v) is 2.56. The van der Waals surface area contributed by atoms with E-state index < -0.39 is 0 Å². The van der Waals surface area contributed by atoms with Crippen molar-refractivity contribution in [1.82, 2.24) is 10.2 Å². The largest absolute Gasteiger partial charge is 0.508 e. The first-order valence-corrected chi connectivity index (χ1v) is 5.45. The van der Waals surface area contributed by atoms with E-state index in [4.69, 9.17) is 0 Å². The first kappa shape index (κ1) is 11.5. The lowest BCUT2D eigenvalue weighted by Gasteiger charge is -2.27. The van der Waals surface area contributed by atoms with Crippen LogP contribution in [0.25, 0.3) is 0 Å². The van der Waals surface area contributed by atoms with Gasteiger partial charge in [0.25, 0.3) is 0 Å². The fourth-order valence-corrected chi connectivity index (χ4v) is 1.74. The SMILES string of the molecule is O=C(Nc1cc(O)cc(O)c1)N1CCNCC1. The minimum Gasteiger partial charge on any atom is -0.508 e. The molecule has 1 aliphatic heterocycles. The summed E-state index contributed by atoms with van der Waals surface area (Å²) < 4.78 is 0. The van der Waals surface area contributed by atoms with Crippen molar-refractivity contribution in [3.63, 3.8) is 0 Å². The Labute approximate surface area is 98.9 Å². The van der Waals surface area contributed by atoms with Crippen molar-refractivity contribution in [2.24, 2.45) is 0 Å². The Hall–Kier alpha value is -1.95. The van der Waals surface area contributed by atoms with Crippen LogP contribution in [-0.4, -0.2) is 47.3 Å². The Bertz CT molecular complexity index is 396. The van der Waals surface area contributed by atoms with Crippen molar-refractivity contribution >= 4 is 11.7 Å². The van der Waals surface area contributed by atoms with Crippen LogP contribution in [0.2, 0.25) is 0 Å². The highest BCUT2D eigenvalue weighted by Crippen LogP contribution is 2.24. The van der Waals surface area contributed by atoms with Crippen molar-refractivity contribution < 1.29 is 15.0 Å². The standard InChI is InChI=1S/C11H15N3O3/c15-9-5-8(6-10(16)7-9)13-11(17)14-3-1-12-2-4-14/h5-7,12,15-16H,1-4H2,(H,13,17). The second-order valence-corrected chi connectivity index (χ2v) is 3.91. The molecule has 1 fully saturated rings. The number of rotatable bonds is 1. The van der Waals surface area contributed by atoms with Crippen LogP contribution < -0.4 is 10.6 Å². The second-order valence-electron chi connectivity index (χ2n) is 3.91. The number of aromatic hydroxyl groups is 2. The van der Waals surface area contributed by atoms with Gasteiger partial charge in [0.15, 0.2) is 0 Å². The van der Waals surface area contributed by atoms with Crippen molar-refractivity contribution in [2.45, 2.75) is 0 Å². The predicted octanol–water partition coefficient (Wildman–Crippen LogP) is 0.535. The number of benzene rings is 1. The van der Waals surface area contributed by atoms with Crippen LogP contribution in [0.4, 0.5) is 10.5 Å². The van der Waals surface area contributed by atoms with Gasteiger partial charge in [0.2, 0.25) is 0 Å². The molecule has 92 valence electrons. The van der Waals surface area contributed by atoms with Gasteiger partial charge in [-0.3, -0.25) is 0 Å². The van der Waals surface area contributed by atoms with Crippen LogP contribution in [0.3, 0.4) is 0 Å². The summed E-state index contributed by atoms with van der Waals surface area (Å²) >= 11 is 0. The topological polar surface area (TPSA) is 84.8 Å². The minimum absolute atomic E-state index is 0.0828. The van der Waals surface area contributed by atoms with Crippen LogP contribution in [-0.2, 0) is 0 Å². The Morgan fingerprint density at radius 3 is 2.35 bits per heavy atom. The number of piperazine rings is 1. The van der Waals surface area contributed by atoms with E-state index in [2.05, 4.69) is 10.6 Å². The molecule has 0 aliphatic carbocycles. The normalized spacial score (nSPS) is 15.6.